The van der Waals surface area contributed by atoms with Crippen molar-refractivity contribution in [2.24, 2.45) is 5.92 Å². The fourth-order valence-corrected chi connectivity index (χ4v) is 6.94. The predicted octanol–water partition coefficient (Wildman–Crippen LogP) is 6.45. The summed E-state index contributed by atoms with van der Waals surface area (Å²) in [4.78, 5) is 70.6. The third-order valence-corrected chi connectivity index (χ3v) is 10.2. The van der Waals surface area contributed by atoms with Crippen LogP contribution in [0.4, 0.5) is 4.79 Å². The van der Waals surface area contributed by atoms with E-state index in [2.05, 4.69) is 51.5 Å². The third-order valence-electron chi connectivity index (χ3n) is 10.2. The molecule has 3 fully saturated rings. The number of carbonyl (C=O) groups is 6. The van der Waals surface area contributed by atoms with Crippen LogP contribution in [0.25, 0.3) is 0 Å². The Morgan fingerprint density at radius 2 is 1.42 bits per heavy atom. The Labute approximate surface area is 354 Å². The van der Waals surface area contributed by atoms with Crippen LogP contribution in [0, 0.1) is 5.92 Å². The van der Waals surface area contributed by atoms with Gasteiger partial charge in [-0.3, -0.25) is 24.6 Å². The van der Waals surface area contributed by atoms with Gasteiger partial charge in [-0.25, -0.2) is 14.4 Å². The maximum Gasteiger partial charge on any atom is 0.419 e. The summed E-state index contributed by atoms with van der Waals surface area (Å²) in [6, 6.07) is 17.4. The topological polar surface area (TPSA) is 178 Å². The monoisotopic (exact) mass is 827 g/mol. The fraction of sp³-hybridized carbons (Fsp3) is 0.489. The van der Waals surface area contributed by atoms with E-state index >= 15 is 0 Å². The summed E-state index contributed by atoms with van der Waals surface area (Å²) >= 11 is 0. The molecule has 1 amide bonds. The zero-order chi connectivity index (χ0) is 44.5. The lowest BCUT2D eigenvalue weighted by Gasteiger charge is -2.26. The number of carboxylic acid groups (broad SMARTS) is 1. The molecule has 0 aromatic heterocycles. The molecule has 0 unspecified atom stereocenters. The van der Waals surface area contributed by atoms with Crippen LogP contribution >= 0.6 is 0 Å². The van der Waals surface area contributed by atoms with Gasteiger partial charge >= 0.3 is 30.0 Å². The number of carboxylic acids is 1. The van der Waals surface area contributed by atoms with Crippen molar-refractivity contribution in [1.29, 1.82) is 0 Å². The number of benzene rings is 2. The normalized spacial score (nSPS) is 20.0. The zero-order valence-corrected chi connectivity index (χ0v) is 35.6. The lowest BCUT2D eigenvalue weighted by atomic mass is 9.85. The SMILES string of the molecule is C=C=C=C=C=C.CCOC(=O)[C@H](CCc1ccccc1)N1C(=O)OC(=O)[C@@H]1C.CCOC(=O)[C@H](CCc1ccccc1)N[C@@H](C)C(C)=O.O=C(O)[C@@H]1C[C@H]2CCCC[C@@H]2N1. The standard InChI is InChI=1S/C16H19NO5.C16H23NO3.C9H15NO2.C6H4/c1-3-21-15(19)13(10-9-12-7-5-4-6-8-12)17-11(2)14(18)22-16(17)20;1-4-20-16(19)15(17-12(2)13(3)18)11-10-14-8-6-5-7-9-14;11-9(12)8-5-6-3-1-2-4-7(6)10-8;1-3-5-6-4-2/h4-8,11,13H,3,9-10H2,1-2H3;5-9,12,15,17H,4,10-11H2,1-3H3;6-8,10H,1-5H2,(H,11,12);1-2H2/t11-,13-;12-,15-;6-,7+,8+;/m001./s1. The van der Waals surface area contributed by atoms with Gasteiger partial charge in [-0.1, -0.05) is 85.0 Å². The maximum atomic E-state index is 12.2. The average molecular weight is 828 g/mol. The van der Waals surface area contributed by atoms with Crippen LogP contribution in [0.1, 0.15) is 90.7 Å². The summed E-state index contributed by atoms with van der Waals surface area (Å²) in [5.74, 6) is -1.48. The number of esters is 3. The Balaban J connectivity index is 0.000000299. The molecule has 2 aromatic carbocycles. The van der Waals surface area contributed by atoms with Gasteiger partial charge in [0.2, 0.25) is 0 Å². The van der Waals surface area contributed by atoms with Crippen LogP contribution in [-0.2, 0) is 51.0 Å². The minimum Gasteiger partial charge on any atom is -0.480 e. The number of ketones is 1. The predicted molar refractivity (Wildman–Crippen MR) is 227 cm³/mol. The van der Waals surface area contributed by atoms with Crippen molar-refractivity contribution in [3.8, 4) is 0 Å². The van der Waals surface area contributed by atoms with Crippen LogP contribution in [-0.4, -0.2) is 95.2 Å². The van der Waals surface area contributed by atoms with E-state index < -0.39 is 42.1 Å². The number of aliphatic carboxylic acids is 1. The number of fused-ring (bicyclic) bond motifs is 1. The Morgan fingerprint density at radius 1 is 0.883 bits per heavy atom. The van der Waals surface area contributed by atoms with Crippen molar-refractivity contribution in [1.82, 2.24) is 15.5 Å². The first kappa shape index (κ1) is 50.4. The molecule has 2 aliphatic heterocycles. The Morgan fingerprint density at radius 3 is 1.88 bits per heavy atom. The molecular formula is C47H61N3O10. The van der Waals surface area contributed by atoms with Gasteiger partial charge in [0.15, 0.2) is 0 Å². The lowest BCUT2D eigenvalue weighted by Crippen LogP contribution is -2.47. The number of carbonyl (C=O) groups excluding carboxylic acids is 5. The molecule has 13 nitrogen and oxygen atoms in total. The molecule has 2 aromatic rings. The summed E-state index contributed by atoms with van der Waals surface area (Å²) in [6.45, 7) is 15.3. The molecule has 3 aliphatic rings. The van der Waals surface area contributed by atoms with E-state index in [1.807, 2.05) is 60.7 Å². The summed E-state index contributed by atoms with van der Waals surface area (Å²) in [5, 5.41) is 15.0. The largest absolute Gasteiger partial charge is 0.480 e. The number of nitrogens with zero attached hydrogens (tertiary/aromatic N) is 1. The van der Waals surface area contributed by atoms with Gasteiger partial charge in [0, 0.05) is 6.04 Å². The summed E-state index contributed by atoms with van der Waals surface area (Å²) in [5.41, 5.74) is 11.7. The Kier molecular flexibility index (Phi) is 23.4. The van der Waals surface area contributed by atoms with Gasteiger partial charge in [0.05, 0.1) is 19.3 Å². The minimum absolute atomic E-state index is 0.0130. The van der Waals surface area contributed by atoms with Crippen molar-refractivity contribution in [2.45, 2.75) is 129 Å². The highest BCUT2D eigenvalue weighted by molar-refractivity contribution is 5.97. The summed E-state index contributed by atoms with van der Waals surface area (Å²) in [7, 11) is 0. The second-order valence-electron chi connectivity index (χ2n) is 14.4. The summed E-state index contributed by atoms with van der Waals surface area (Å²) < 4.78 is 14.7. The maximum absolute atomic E-state index is 12.2. The molecule has 2 saturated heterocycles. The second-order valence-corrected chi connectivity index (χ2v) is 14.4. The average Bonchev–Trinajstić information content (AvgIpc) is 3.79. The van der Waals surface area contributed by atoms with Crippen LogP contribution in [0.3, 0.4) is 0 Å². The van der Waals surface area contributed by atoms with Crippen LogP contribution in [0.2, 0.25) is 0 Å². The first-order chi connectivity index (χ1) is 28.8. The zero-order valence-electron chi connectivity index (χ0n) is 35.6. The van der Waals surface area contributed by atoms with E-state index in [0.29, 0.717) is 37.8 Å². The van der Waals surface area contributed by atoms with Gasteiger partial charge in [-0.2, -0.15) is 0 Å². The number of hydrogen-bond donors (Lipinski definition) is 3. The van der Waals surface area contributed by atoms with Gasteiger partial charge in [0.25, 0.3) is 0 Å². The van der Waals surface area contributed by atoms with E-state index in [1.54, 1.807) is 27.7 Å². The number of hydrogen-bond acceptors (Lipinski definition) is 11. The molecule has 0 spiro atoms. The van der Waals surface area contributed by atoms with Crippen LogP contribution < -0.4 is 10.6 Å². The Bertz CT molecular complexity index is 1810. The molecule has 5 rings (SSSR count). The molecule has 7 atom stereocenters. The number of cyclic esters (lactones) is 2. The molecule has 13 heteroatoms. The smallest absolute Gasteiger partial charge is 0.419 e. The van der Waals surface area contributed by atoms with Crippen LogP contribution in [0.5, 0.6) is 0 Å². The first-order valence-corrected chi connectivity index (χ1v) is 20.5. The molecule has 60 heavy (non-hydrogen) atoms. The van der Waals surface area contributed by atoms with Crippen molar-refractivity contribution < 1.29 is 48.1 Å². The molecule has 324 valence electrons. The number of ether oxygens (including phenoxy) is 3. The second kappa shape index (κ2) is 27.8. The highest BCUT2D eigenvalue weighted by Crippen LogP contribution is 2.33. The molecule has 1 aliphatic carbocycles. The van der Waals surface area contributed by atoms with Crippen molar-refractivity contribution in [3.05, 3.63) is 108 Å². The third kappa shape index (κ3) is 17.6. The van der Waals surface area contributed by atoms with E-state index in [4.69, 9.17) is 14.6 Å². The molecule has 2 heterocycles. The minimum atomic E-state index is -0.825. The van der Waals surface area contributed by atoms with E-state index in [9.17, 15) is 28.8 Å². The highest BCUT2D eigenvalue weighted by atomic mass is 16.6. The number of Topliss-reactive ketones (excluding diaryl/α,β-unsaturated/α-hetero) is 1. The highest BCUT2D eigenvalue weighted by Gasteiger charge is 2.45. The van der Waals surface area contributed by atoms with Gasteiger partial charge < -0.3 is 24.6 Å². The number of aryl methyl sites for hydroxylation is 2. The fourth-order valence-electron chi connectivity index (χ4n) is 6.94. The van der Waals surface area contributed by atoms with Crippen LogP contribution in [0.15, 0.2) is 96.7 Å². The first-order valence-electron chi connectivity index (χ1n) is 20.5. The molecule has 0 radical (unpaired) electrons. The molecule has 0 bridgehead atoms. The van der Waals surface area contributed by atoms with E-state index in [-0.39, 0.29) is 30.4 Å². The number of rotatable bonds is 15. The van der Waals surface area contributed by atoms with Crippen molar-refractivity contribution >= 4 is 35.8 Å². The van der Waals surface area contributed by atoms with Gasteiger partial charge in [0.1, 0.15) is 30.0 Å². The van der Waals surface area contributed by atoms with Gasteiger partial charge in [-0.05, 0) is 121 Å². The van der Waals surface area contributed by atoms with E-state index in [1.165, 1.54) is 43.1 Å². The molecule has 1 saturated carbocycles. The number of amides is 1. The molecule has 3 N–H and O–H groups in total. The lowest BCUT2D eigenvalue weighted by molar-refractivity contribution is -0.149. The summed E-state index contributed by atoms with van der Waals surface area (Å²) in [6.07, 6.45) is 7.35. The van der Waals surface area contributed by atoms with Crippen molar-refractivity contribution in [2.75, 3.05) is 13.2 Å². The van der Waals surface area contributed by atoms with E-state index in [0.717, 1.165) is 18.4 Å². The Hall–Kier alpha value is -5.76. The molecular weight excluding hydrogens is 767 g/mol. The van der Waals surface area contributed by atoms with Gasteiger partial charge in [-0.15, -0.1) is 0 Å². The van der Waals surface area contributed by atoms with Crippen molar-refractivity contribution in [3.63, 3.8) is 0 Å². The quantitative estimate of drug-likeness (QED) is 0.0775. The number of nitrogens with one attached hydrogen (secondary N) is 2.